The van der Waals surface area contributed by atoms with E-state index in [1.165, 1.54) is 13.2 Å². The largest absolute Gasteiger partial charge is 0.496 e. The molecule has 0 spiro atoms. The first-order valence-electron chi connectivity index (χ1n) is 10.0. The quantitative estimate of drug-likeness (QED) is 0.539. The van der Waals surface area contributed by atoms with Crippen LogP contribution in [-0.2, 0) is 28.7 Å². The number of ether oxygens (including phenoxy) is 1. The van der Waals surface area contributed by atoms with Gasteiger partial charge in [0.15, 0.2) is 0 Å². The van der Waals surface area contributed by atoms with E-state index < -0.39 is 17.7 Å². The molecular formula is C23H24F3NO4. The van der Waals surface area contributed by atoms with Crippen molar-refractivity contribution in [1.29, 1.82) is 0 Å². The van der Waals surface area contributed by atoms with Crippen molar-refractivity contribution in [1.82, 2.24) is 5.32 Å². The Morgan fingerprint density at radius 1 is 1.13 bits per heavy atom. The fourth-order valence-electron chi connectivity index (χ4n) is 3.45. The lowest BCUT2D eigenvalue weighted by atomic mass is 9.94. The third-order valence-electron chi connectivity index (χ3n) is 5.24. The molecular weight excluding hydrogens is 411 g/mol. The SMILES string of the molecule is COc1ccc(CC(=O)O)cc1-c1cc(C(F)(F)F)ccc1CNCCC(=O)C1CC1. The van der Waals surface area contributed by atoms with Gasteiger partial charge in [-0.3, -0.25) is 9.59 Å². The van der Waals surface area contributed by atoms with E-state index in [-0.39, 0.29) is 24.7 Å². The number of carboxylic acid groups (broad SMARTS) is 1. The molecule has 166 valence electrons. The van der Waals surface area contributed by atoms with Gasteiger partial charge in [0.25, 0.3) is 0 Å². The Hall–Kier alpha value is -2.87. The van der Waals surface area contributed by atoms with Crippen LogP contribution in [-0.4, -0.2) is 30.5 Å². The number of Topliss-reactive ketones (excluding diaryl/α,β-unsaturated/α-hetero) is 1. The van der Waals surface area contributed by atoms with Crippen LogP contribution in [0, 0.1) is 5.92 Å². The minimum atomic E-state index is -4.52. The molecule has 0 unspecified atom stereocenters. The summed E-state index contributed by atoms with van der Waals surface area (Å²) in [5.41, 5.74) is 0.936. The number of nitrogens with one attached hydrogen (secondary N) is 1. The minimum Gasteiger partial charge on any atom is -0.496 e. The first kappa shape index (κ1) is 22.8. The molecule has 8 heteroatoms. The van der Waals surface area contributed by atoms with E-state index in [4.69, 9.17) is 9.84 Å². The lowest BCUT2D eigenvalue weighted by molar-refractivity contribution is -0.138. The van der Waals surface area contributed by atoms with Gasteiger partial charge in [-0.05, 0) is 53.8 Å². The van der Waals surface area contributed by atoms with E-state index >= 15 is 0 Å². The van der Waals surface area contributed by atoms with Crippen LogP contribution in [0.3, 0.4) is 0 Å². The summed E-state index contributed by atoms with van der Waals surface area (Å²) in [5, 5.41) is 12.2. The van der Waals surface area contributed by atoms with Gasteiger partial charge >= 0.3 is 12.1 Å². The average molecular weight is 435 g/mol. The standard InChI is InChI=1S/C23H24F3NO4/c1-31-21-7-2-14(11-22(29)30)10-19(21)18-12-17(23(24,25)26)6-5-16(18)13-27-9-8-20(28)15-3-4-15/h2,5-7,10,12,15,27H,3-4,8-9,11,13H2,1H3,(H,29,30). The lowest BCUT2D eigenvalue weighted by Crippen LogP contribution is -2.19. The normalized spacial score (nSPS) is 13.8. The second-order valence-electron chi connectivity index (χ2n) is 7.64. The number of carbonyl (C=O) groups excluding carboxylic acids is 1. The number of carboxylic acids is 1. The van der Waals surface area contributed by atoms with E-state index in [9.17, 15) is 22.8 Å². The Morgan fingerprint density at radius 2 is 1.87 bits per heavy atom. The summed E-state index contributed by atoms with van der Waals surface area (Å²) < 4.78 is 45.4. The summed E-state index contributed by atoms with van der Waals surface area (Å²) in [6.45, 7) is 0.698. The van der Waals surface area contributed by atoms with Gasteiger partial charge < -0.3 is 15.2 Å². The van der Waals surface area contributed by atoms with Crippen molar-refractivity contribution < 1.29 is 32.6 Å². The molecule has 2 aromatic rings. The predicted molar refractivity (Wildman–Crippen MR) is 109 cm³/mol. The molecule has 1 fully saturated rings. The summed E-state index contributed by atoms with van der Waals surface area (Å²) in [7, 11) is 1.41. The third kappa shape index (κ3) is 6.07. The Morgan fingerprint density at radius 3 is 2.48 bits per heavy atom. The maximum Gasteiger partial charge on any atom is 0.416 e. The second kappa shape index (κ2) is 9.51. The molecule has 1 aliphatic rings. The number of aliphatic carboxylic acids is 1. The van der Waals surface area contributed by atoms with Crippen molar-refractivity contribution >= 4 is 11.8 Å². The molecule has 2 N–H and O–H groups in total. The van der Waals surface area contributed by atoms with Gasteiger partial charge in [0.2, 0.25) is 0 Å². The monoisotopic (exact) mass is 435 g/mol. The topological polar surface area (TPSA) is 75.6 Å². The number of carbonyl (C=O) groups is 2. The number of ketones is 1. The zero-order valence-corrected chi connectivity index (χ0v) is 17.1. The molecule has 0 atom stereocenters. The summed E-state index contributed by atoms with van der Waals surface area (Å²) in [6, 6.07) is 8.14. The number of halogens is 3. The maximum atomic E-state index is 13.4. The van der Waals surface area contributed by atoms with Gasteiger partial charge in [-0.15, -0.1) is 0 Å². The van der Waals surface area contributed by atoms with Gasteiger partial charge in [-0.25, -0.2) is 0 Å². The first-order chi connectivity index (χ1) is 14.7. The molecule has 31 heavy (non-hydrogen) atoms. The molecule has 0 bridgehead atoms. The molecule has 1 aliphatic carbocycles. The van der Waals surface area contributed by atoms with Gasteiger partial charge in [0, 0.05) is 31.0 Å². The van der Waals surface area contributed by atoms with E-state index in [0.29, 0.717) is 41.0 Å². The van der Waals surface area contributed by atoms with Crippen molar-refractivity contribution in [3.8, 4) is 16.9 Å². The van der Waals surface area contributed by atoms with Crippen LogP contribution in [0.2, 0.25) is 0 Å². The highest BCUT2D eigenvalue weighted by Gasteiger charge is 2.31. The molecule has 5 nitrogen and oxygen atoms in total. The molecule has 0 aromatic heterocycles. The third-order valence-corrected chi connectivity index (χ3v) is 5.24. The Bertz CT molecular complexity index is 968. The van der Waals surface area contributed by atoms with E-state index in [1.54, 1.807) is 18.2 Å². The van der Waals surface area contributed by atoms with Crippen LogP contribution in [0.5, 0.6) is 5.75 Å². The Kier molecular flexibility index (Phi) is 7.00. The van der Waals surface area contributed by atoms with Gasteiger partial charge in [0.1, 0.15) is 11.5 Å². The van der Waals surface area contributed by atoms with Gasteiger partial charge in [0.05, 0.1) is 19.1 Å². The predicted octanol–water partition coefficient (Wildman–Crippen LogP) is 4.47. The fraction of sp³-hybridized carbons (Fsp3) is 0.391. The van der Waals surface area contributed by atoms with Crippen molar-refractivity contribution in [3.63, 3.8) is 0 Å². The molecule has 1 saturated carbocycles. The fourth-order valence-corrected chi connectivity index (χ4v) is 3.45. The molecule has 0 heterocycles. The highest BCUT2D eigenvalue weighted by atomic mass is 19.4. The molecule has 3 rings (SSSR count). The van der Waals surface area contributed by atoms with Crippen LogP contribution in [0.1, 0.15) is 36.0 Å². The minimum absolute atomic E-state index is 0.171. The van der Waals surface area contributed by atoms with Gasteiger partial charge in [-0.2, -0.15) is 13.2 Å². The summed E-state index contributed by atoms with van der Waals surface area (Å²) >= 11 is 0. The first-order valence-corrected chi connectivity index (χ1v) is 10.0. The summed E-state index contributed by atoms with van der Waals surface area (Å²) in [6.07, 6.45) is -2.52. The Labute approximate surface area is 178 Å². The van der Waals surface area contributed by atoms with E-state index in [1.807, 2.05) is 0 Å². The number of benzene rings is 2. The van der Waals surface area contributed by atoms with Crippen LogP contribution in [0.25, 0.3) is 11.1 Å². The molecule has 0 amide bonds. The number of methoxy groups -OCH3 is 1. The molecule has 2 aromatic carbocycles. The summed E-state index contributed by atoms with van der Waals surface area (Å²) in [5.74, 6) is -0.311. The lowest BCUT2D eigenvalue weighted by Gasteiger charge is -2.17. The summed E-state index contributed by atoms with van der Waals surface area (Å²) in [4.78, 5) is 22.9. The van der Waals surface area contributed by atoms with Crippen LogP contribution >= 0.6 is 0 Å². The highest BCUT2D eigenvalue weighted by molar-refractivity contribution is 5.83. The van der Waals surface area contributed by atoms with Crippen LogP contribution in [0.4, 0.5) is 13.2 Å². The Balaban J connectivity index is 1.91. The van der Waals surface area contributed by atoms with Crippen LogP contribution < -0.4 is 10.1 Å². The van der Waals surface area contributed by atoms with Crippen LogP contribution in [0.15, 0.2) is 36.4 Å². The highest BCUT2D eigenvalue weighted by Crippen LogP contribution is 2.38. The smallest absolute Gasteiger partial charge is 0.416 e. The van der Waals surface area contributed by atoms with Crippen molar-refractivity contribution in [2.24, 2.45) is 5.92 Å². The van der Waals surface area contributed by atoms with Crippen molar-refractivity contribution in [2.45, 2.75) is 38.4 Å². The van der Waals surface area contributed by atoms with Crippen molar-refractivity contribution in [2.75, 3.05) is 13.7 Å². The molecule has 0 aliphatic heterocycles. The maximum absolute atomic E-state index is 13.4. The molecule has 0 radical (unpaired) electrons. The zero-order chi connectivity index (χ0) is 22.6. The van der Waals surface area contributed by atoms with Crippen molar-refractivity contribution in [3.05, 3.63) is 53.1 Å². The van der Waals surface area contributed by atoms with E-state index in [2.05, 4.69) is 5.32 Å². The van der Waals surface area contributed by atoms with Gasteiger partial charge in [-0.1, -0.05) is 12.1 Å². The number of hydrogen-bond donors (Lipinski definition) is 2. The zero-order valence-electron chi connectivity index (χ0n) is 17.1. The number of rotatable bonds is 10. The average Bonchev–Trinajstić information content (AvgIpc) is 3.55. The second-order valence-corrected chi connectivity index (χ2v) is 7.64. The number of alkyl halides is 3. The van der Waals surface area contributed by atoms with E-state index in [0.717, 1.165) is 25.0 Å². The number of hydrogen-bond acceptors (Lipinski definition) is 4. The molecule has 0 saturated heterocycles.